The summed E-state index contributed by atoms with van der Waals surface area (Å²) >= 11 is 0. The second-order valence-corrected chi connectivity index (χ2v) is 4.22. The molecule has 0 saturated carbocycles. The normalized spacial score (nSPS) is 11.8. The summed E-state index contributed by atoms with van der Waals surface area (Å²) in [4.78, 5) is 12.5. The third-order valence-corrected chi connectivity index (χ3v) is 2.98. The van der Waals surface area contributed by atoms with Gasteiger partial charge in [-0.1, -0.05) is 66.7 Å². The average Bonchev–Trinajstić information content (AvgIpc) is 2.46. The molecule has 90 valence electrons. The molecule has 0 radical (unpaired) electrons. The van der Waals surface area contributed by atoms with E-state index in [1.165, 1.54) is 0 Å². The molecule has 1 nitrogen and oxygen atoms in total. The van der Waals surface area contributed by atoms with Crippen LogP contribution in [0.1, 0.15) is 28.3 Å². The Morgan fingerprint density at radius 2 is 1.56 bits per heavy atom. The Labute approximate surface area is 108 Å². The Hall–Kier alpha value is -2.15. The molecule has 2 rings (SSSR count). The summed E-state index contributed by atoms with van der Waals surface area (Å²) in [6.07, 6.45) is 2.47. The molecule has 0 N–H and O–H groups in total. The van der Waals surface area contributed by atoms with Crippen molar-refractivity contribution >= 4 is 5.78 Å². The third-order valence-electron chi connectivity index (χ3n) is 2.98. The molecule has 0 aromatic heterocycles. The van der Waals surface area contributed by atoms with Gasteiger partial charge in [-0.15, -0.1) is 6.58 Å². The van der Waals surface area contributed by atoms with Crippen LogP contribution in [0, 0.1) is 0 Å². The Morgan fingerprint density at radius 3 is 2.11 bits per heavy atom. The number of hydrogen-bond donors (Lipinski definition) is 0. The number of carbonyl (C=O) groups excluding carboxylic acids is 1. The minimum absolute atomic E-state index is 0.133. The van der Waals surface area contributed by atoms with Crippen LogP contribution < -0.4 is 0 Å². The lowest BCUT2D eigenvalue weighted by molar-refractivity contribution is 0.0960. The summed E-state index contributed by atoms with van der Waals surface area (Å²) in [6, 6.07) is 19.3. The predicted octanol–water partition coefficient (Wildman–Crippen LogP) is 4.23. The topological polar surface area (TPSA) is 17.1 Å². The van der Waals surface area contributed by atoms with Gasteiger partial charge in [-0.25, -0.2) is 0 Å². The van der Waals surface area contributed by atoms with E-state index in [2.05, 4.69) is 6.58 Å². The molecule has 0 amide bonds. The van der Waals surface area contributed by atoms with Gasteiger partial charge in [0.25, 0.3) is 0 Å². The highest BCUT2D eigenvalue weighted by molar-refractivity contribution is 6.01. The monoisotopic (exact) mass is 236 g/mol. The van der Waals surface area contributed by atoms with Gasteiger partial charge in [0, 0.05) is 5.56 Å². The quantitative estimate of drug-likeness (QED) is 0.561. The molecular formula is C17H16O. The molecule has 0 aliphatic heterocycles. The van der Waals surface area contributed by atoms with Crippen LogP contribution in [0.3, 0.4) is 0 Å². The highest BCUT2D eigenvalue weighted by Gasteiger charge is 2.20. The van der Waals surface area contributed by atoms with Crippen LogP contribution in [0.5, 0.6) is 0 Å². The summed E-state index contributed by atoms with van der Waals surface area (Å²) in [5, 5.41) is 0. The zero-order valence-corrected chi connectivity index (χ0v) is 10.3. The van der Waals surface area contributed by atoms with Gasteiger partial charge in [0.2, 0.25) is 0 Å². The van der Waals surface area contributed by atoms with Crippen molar-refractivity contribution in [2.24, 2.45) is 0 Å². The number of carbonyl (C=O) groups is 1. The molecular weight excluding hydrogens is 220 g/mol. The lowest BCUT2D eigenvalue weighted by Crippen LogP contribution is -2.12. The second kappa shape index (κ2) is 5.97. The molecule has 1 heteroatoms. The van der Waals surface area contributed by atoms with Gasteiger partial charge in [-0.05, 0) is 12.0 Å². The molecule has 2 aromatic rings. The Bertz CT molecular complexity index is 514. The van der Waals surface area contributed by atoms with Crippen molar-refractivity contribution in [1.29, 1.82) is 0 Å². The van der Waals surface area contributed by atoms with E-state index < -0.39 is 0 Å². The minimum Gasteiger partial charge on any atom is -0.293 e. The summed E-state index contributed by atoms with van der Waals surface area (Å²) in [7, 11) is 0. The number of benzene rings is 2. The van der Waals surface area contributed by atoms with Gasteiger partial charge in [0.05, 0.1) is 5.92 Å². The molecule has 0 saturated heterocycles. The van der Waals surface area contributed by atoms with Crippen LogP contribution in [-0.2, 0) is 0 Å². The van der Waals surface area contributed by atoms with Gasteiger partial charge in [-0.2, -0.15) is 0 Å². The summed E-state index contributed by atoms with van der Waals surface area (Å²) in [5.41, 5.74) is 1.81. The van der Waals surface area contributed by atoms with E-state index in [0.29, 0.717) is 6.42 Å². The van der Waals surface area contributed by atoms with Crippen LogP contribution in [0.4, 0.5) is 0 Å². The maximum absolute atomic E-state index is 12.5. The largest absolute Gasteiger partial charge is 0.293 e. The molecule has 0 heterocycles. The minimum atomic E-state index is -0.133. The standard InChI is InChI=1S/C17H16O/c1-2-9-16(14-10-5-3-6-11-14)17(18)15-12-7-4-8-13-15/h2-8,10-13,16H,1,9H2/t16-/m0/s1. The number of hydrogen-bond acceptors (Lipinski definition) is 1. The first-order valence-corrected chi connectivity index (χ1v) is 6.08. The summed E-state index contributed by atoms with van der Waals surface area (Å²) < 4.78 is 0. The first kappa shape index (κ1) is 12.3. The smallest absolute Gasteiger partial charge is 0.170 e. The molecule has 0 unspecified atom stereocenters. The second-order valence-electron chi connectivity index (χ2n) is 4.22. The first-order chi connectivity index (χ1) is 8.83. The lowest BCUT2D eigenvalue weighted by Gasteiger charge is -2.14. The SMILES string of the molecule is C=CC[C@H](C(=O)c1ccccc1)c1ccccc1. The number of Topliss-reactive ketones (excluding diaryl/α,β-unsaturated/α-hetero) is 1. The Kier molecular flexibility index (Phi) is 4.08. The summed E-state index contributed by atoms with van der Waals surface area (Å²) in [5.74, 6) is 0.0211. The number of ketones is 1. The van der Waals surface area contributed by atoms with E-state index in [9.17, 15) is 4.79 Å². The van der Waals surface area contributed by atoms with Gasteiger partial charge in [0.1, 0.15) is 0 Å². The molecule has 0 aliphatic rings. The van der Waals surface area contributed by atoms with Crippen molar-refractivity contribution in [1.82, 2.24) is 0 Å². The van der Waals surface area contributed by atoms with Crippen LogP contribution in [0.15, 0.2) is 73.3 Å². The van der Waals surface area contributed by atoms with Crippen molar-refractivity contribution in [3.8, 4) is 0 Å². The Balaban J connectivity index is 2.32. The van der Waals surface area contributed by atoms with Crippen molar-refractivity contribution in [2.45, 2.75) is 12.3 Å². The van der Waals surface area contributed by atoms with Gasteiger partial charge in [0.15, 0.2) is 5.78 Å². The highest BCUT2D eigenvalue weighted by atomic mass is 16.1. The number of allylic oxidation sites excluding steroid dienone is 1. The zero-order valence-electron chi connectivity index (χ0n) is 10.3. The van der Waals surface area contributed by atoms with Crippen molar-refractivity contribution in [2.75, 3.05) is 0 Å². The van der Waals surface area contributed by atoms with Crippen LogP contribution in [0.25, 0.3) is 0 Å². The van der Waals surface area contributed by atoms with Gasteiger partial charge in [-0.3, -0.25) is 4.79 Å². The molecule has 0 fully saturated rings. The van der Waals surface area contributed by atoms with Crippen LogP contribution in [0.2, 0.25) is 0 Å². The van der Waals surface area contributed by atoms with Gasteiger partial charge >= 0.3 is 0 Å². The predicted molar refractivity (Wildman–Crippen MR) is 74.8 cm³/mol. The first-order valence-electron chi connectivity index (χ1n) is 6.08. The molecule has 0 spiro atoms. The fourth-order valence-electron chi connectivity index (χ4n) is 2.05. The van der Waals surface area contributed by atoms with E-state index in [4.69, 9.17) is 0 Å². The van der Waals surface area contributed by atoms with E-state index in [1.807, 2.05) is 60.7 Å². The van der Waals surface area contributed by atoms with Crippen molar-refractivity contribution in [3.05, 3.63) is 84.4 Å². The lowest BCUT2D eigenvalue weighted by atomic mass is 9.88. The molecule has 2 aromatic carbocycles. The third kappa shape index (κ3) is 2.75. The maximum Gasteiger partial charge on any atom is 0.170 e. The number of rotatable bonds is 5. The Morgan fingerprint density at radius 1 is 1.00 bits per heavy atom. The molecule has 1 atom stereocenters. The van der Waals surface area contributed by atoms with E-state index in [1.54, 1.807) is 6.08 Å². The van der Waals surface area contributed by atoms with Gasteiger partial charge < -0.3 is 0 Å². The van der Waals surface area contributed by atoms with E-state index in [-0.39, 0.29) is 11.7 Å². The molecule has 18 heavy (non-hydrogen) atoms. The van der Waals surface area contributed by atoms with Crippen LogP contribution >= 0.6 is 0 Å². The average molecular weight is 236 g/mol. The highest BCUT2D eigenvalue weighted by Crippen LogP contribution is 2.24. The van der Waals surface area contributed by atoms with Crippen molar-refractivity contribution < 1.29 is 4.79 Å². The zero-order chi connectivity index (χ0) is 12.8. The van der Waals surface area contributed by atoms with E-state index in [0.717, 1.165) is 11.1 Å². The maximum atomic E-state index is 12.5. The molecule has 0 bridgehead atoms. The fraction of sp³-hybridized carbons (Fsp3) is 0.118. The van der Waals surface area contributed by atoms with E-state index >= 15 is 0 Å². The summed E-state index contributed by atoms with van der Waals surface area (Å²) in [6.45, 7) is 3.75. The fourth-order valence-corrected chi connectivity index (χ4v) is 2.05. The van der Waals surface area contributed by atoms with Crippen molar-refractivity contribution in [3.63, 3.8) is 0 Å². The van der Waals surface area contributed by atoms with Crippen LogP contribution in [-0.4, -0.2) is 5.78 Å². The molecule has 0 aliphatic carbocycles.